The minimum absolute atomic E-state index is 0.0183. The first-order valence-corrected chi connectivity index (χ1v) is 4.38. The number of carbonyl (C=O) groups is 1. The maximum atomic E-state index is 10.9. The predicted octanol–water partition coefficient (Wildman–Crippen LogP) is 1.07. The first-order chi connectivity index (χ1) is 6.66. The fourth-order valence-corrected chi connectivity index (χ4v) is 1.30. The Labute approximate surface area is 84.7 Å². The Hall–Kier alpha value is -1.49. The van der Waals surface area contributed by atoms with Gasteiger partial charge in [0.1, 0.15) is 6.54 Å². The van der Waals surface area contributed by atoms with E-state index in [1.54, 1.807) is 12.4 Å². The zero-order valence-corrected chi connectivity index (χ0v) is 8.19. The summed E-state index contributed by atoms with van der Waals surface area (Å²) in [6, 6.07) is 0. The monoisotopic (exact) mass is 210 g/mol. The van der Waals surface area contributed by atoms with Crippen LogP contribution in [0.4, 0.5) is 0 Å². The molecular formula is C8H7ClN4O. The summed E-state index contributed by atoms with van der Waals surface area (Å²) < 4.78 is 1.51. The van der Waals surface area contributed by atoms with Crippen LogP contribution in [0.25, 0.3) is 11.0 Å². The van der Waals surface area contributed by atoms with Crippen molar-refractivity contribution in [3.63, 3.8) is 0 Å². The van der Waals surface area contributed by atoms with Gasteiger partial charge in [0.2, 0.25) is 5.28 Å². The molecule has 72 valence electrons. The lowest BCUT2D eigenvalue weighted by atomic mass is 10.4. The van der Waals surface area contributed by atoms with E-state index in [9.17, 15) is 4.79 Å². The average molecular weight is 211 g/mol. The van der Waals surface area contributed by atoms with Crippen molar-refractivity contribution in [3.05, 3.63) is 17.7 Å². The lowest BCUT2D eigenvalue weighted by Gasteiger charge is -1.98. The third-order valence-corrected chi connectivity index (χ3v) is 1.90. The highest BCUT2D eigenvalue weighted by Crippen LogP contribution is 2.11. The van der Waals surface area contributed by atoms with Crippen molar-refractivity contribution >= 4 is 28.4 Å². The number of aromatic nitrogens is 4. The fourth-order valence-electron chi connectivity index (χ4n) is 1.17. The summed E-state index contributed by atoms with van der Waals surface area (Å²) in [5.74, 6) is 0.0183. The molecule has 0 amide bonds. The molecule has 0 bridgehead atoms. The number of ketones is 1. The van der Waals surface area contributed by atoms with Crippen molar-refractivity contribution in [1.82, 2.24) is 19.7 Å². The largest absolute Gasteiger partial charge is 0.298 e. The number of hydrogen-bond donors (Lipinski definition) is 0. The van der Waals surface area contributed by atoms with Gasteiger partial charge in [-0.3, -0.25) is 4.79 Å². The van der Waals surface area contributed by atoms with Crippen molar-refractivity contribution in [2.24, 2.45) is 0 Å². The van der Waals surface area contributed by atoms with E-state index in [1.807, 2.05) is 0 Å². The third kappa shape index (κ3) is 1.58. The van der Waals surface area contributed by atoms with Crippen molar-refractivity contribution < 1.29 is 4.79 Å². The molecule has 2 rings (SSSR count). The Bertz CT molecular complexity index is 493. The molecule has 0 aliphatic carbocycles. The predicted molar refractivity (Wildman–Crippen MR) is 51.0 cm³/mol. The van der Waals surface area contributed by atoms with Crippen molar-refractivity contribution in [1.29, 1.82) is 0 Å². The Kier molecular flexibility index (Phi) is 2.17. The SMILES string of the molecule is CC(=O)Cn1ncc2cnc(Cl)nc21. The topological polar surface area (TPSA) is 60.7 Å². The minimum Gasteiger partial charge on any atom is -0.298 e. The van der Waals surface area contributed by atoms with Crippen LogP contribution in [0, 0.1) is 0 Å². The van der Waals surface area contributed by atoms with Crippen LogP contribution >= 0.6 is 11.6 Å². The van der Waals surface area contributed by atoms with Gasteiger partial charge in [-0.15, -0.1) is 0 Å². The molecule has 0 fully saturated rings. The maximum absolute atomic E-state index is 10.9. The Balaban J connectivity index is 2.55. The van der Waals surface area contributed by atoms with E-state index < -0.39 is 0 Å². The molecule has 0 saturated carbocycles. The molecule has 0 radical (unpaired) electrons. The first-order valence-electron chi connectivity index (χ1n) is 4.00. The van der Waals surface area contributed by atoms with Gasteiger partial charge in [-0.25, -0.2) is 9.67 Å². The van der Waals surface area contributed by atoms with Crippen LogP contribution < -0.4 is 0 Å². The third-order valence-electron chi connectivity index (χ3n) is 1.72. The van der Waals surface area contributed by atoms with Gasteiger partial charge in [0, 0.05) is 6.20 Å². The number of nitrogens with zero attached hydrogens (tertiary/aromatic N) is 4. The van der Waals surface area contributed by atoms with Crippen LogP contribution in [0.5, 0.6) is 0 Å². The molecular weight excluding hydrogens is 204 g/mol. The van der Waals surface area contributed by atoms with E-state index in [4.69, 9.17) is 11.6 Å². The summed E-state index contributed by atoms with van der Waals surface area (Å²) in [6.45, 7) is 1.70. The van der Waals surface area contributed by atoms with Crippen molar-refractivity contribution in [3.8, 4) is 0 Å². The van der Waals surface area contributed by atoms with Gasteiger partial charge in [-0.05, 0) is 18.5 Å². The lowest BCUT2D eigenvalue weighted by Crippen LogP contribution is -2.08. The molecule has 2 heterocycles. The molecule has 2 aromatic rings. The second kappa shape index (κ2) is 3.34. The number of hydrogen-bond acceptors (Lipinski definition) is 4. The summed E-state index contributed by atoms with van der Waals surface area (Å²) in [4.78, 5) is 18.7. The summed E-state index contributed by atoms with van der Waals surface area (Å²) in [7, 11) is 0. The molecule has 0 atom stereocenters. The highest BCUT2D eigenvalue weighted by Gasteiger charge is 2.06. The summed E-state index contributed by atoms with van der Waals surface area (Å²) in [6.07, 6.45) is 3.18. The average Bonchev–Trinajstić information content (AvgIpc) is 2.47. The number of halogens is 1. The van der Waals surface area contributed by atoms with Crippen molar-refractivity contribution in [2.45, 2.75) is 13.5 Å². The smallest absolute Gasteiger partial charge is 0.224 e. The first kappa shape index (κ1) is 9.08. The van der Waals surface area contributed by atoms with E-state index in [1.165, 1.54) is 11.6 Å². The lowest BCUT2D eigenvalue weighted by molar-refractivity contribution is -0.117. The van der Waals surface area contributed by atoms with Crippen LogP contribution in [0.15, 0.2) is 12.4 Å². The summed E-state index contributed by atoms with van der Waals surface area (Å²) in [5, 5.41) is 4.94. The molecule has 14 heavy (non-hydrogen) atoms. The number of rotatable bonds is 2. The van der Waals surface area contributed by atoms with Gasteiger partial charge in [0.25, 0.3) is 0 Å². The number of carbonyl (C=O) groups excluding carboxylic acids is 1. The Morgan fingerprint density at radius 3 is 3.07 bits per heavy atom. The quantitative estimate of drug-likeness (QED) is 0.696. The van der Waals surface area contributed by atoms with E-state index in [0.29, 0.717) is 5.65 Å². The van der Waals surface area contributed by atoms with E-state index in [0.717, 1.165) is 5.39 Å². The van der Waals surface area contributed by atoms with Crippen LogP contribution in [0.2, 0.25) is 5.28 Å². The van der Waals surface area contributed by atoms with Gasteiger partial charge >= 0.3 is 0 Å². The van der Waals surface area contributed by atoms with E-state index >= 15 is 0 Å². The highest BCUT2D eigenvalue weighted by atomic mass is 35.5. The van der Waals surface area contributed by atoms with Gasteiger partial charge in [0.05, 0.1) is 11.6 Å². The molecule has 0 aromatic carbocycles. The Morgan fingerprint density at radius 2 is 2.36 bits per heavy atom. The Morgan fingerprint density at radius 1 is 1.57 bits per heavy atom. The molecule has 0 N–H and O–H groups in total. The minimum atomic E-state index is 0.0183. The van der Waals surface area contributed by atoms with E-state index in [2.05, 4.69) is 15.1 Å². The molecule has 0 aliphatic rings. The second-order valence-corrected chi connectivity index (χ2v) is 3.26. The molecule has 2 aromatic heterocycles. The van der Waals surface area contributed by atoms with E-state index in [-0.39, 0.29) is 17.6 Å². The second-order valence-electron chi connectivity index (χ2n) is 2.92. The van der Waals surface area contributed by atoms with Crippen LogP contribution in [0.3, 0.4) is 0 Å². The van der Waals surface area contributed by atoms with Gasteiger partial charge in [0.15, 0.2) is 11.4 Å². The van der Waals surface area contributed by atoms with Gasteiger partial charge in [-0.1, -0.05) is 0 Å². The fraction of sp³-hybridized carbons (Fsp3) is 0.250. The molecule has 6 heteroatoms. The number of Topliss-reactive ketones (excluding diaryl/α,β-unsaturated/α-hetero) is 1. The van der Waals surface area contributed by atoms with Crippen LogP contribution in [0.1, 0.15) is 6.92 Å². The summed E-state index contributed by atoms with van der Waals surface area (Å²) >= 11 is 5.64. The molecule has 0 aliphatic heterocycles. The van der Waals surface area contributed by atoms with Gasteiger partial charge in [-0.2, -0.15) is 10.1 Å². The number of fused-ring (bicyclic) bond motifs is 1. The molecule has 0 spiro atoms. The zero-order valence-electron chi connectivity index (χ0n) is 7.44. The van der Waals surface area contributed by atoms with Gasteiger partial charge < -0.3 is 0 Å². The zero-order chi connectivity index (χ0) is 10.1. The standard InChI is InChI=1S/C8H7ClN4O/c1-5(14)4-13-7-6(3-11-13)2-10-8(9)12-7/h2-3H,4H2,1H3. The highest BCUT2D eigenvalue weighted by molar-refractivity contribution is 6.28. The molecule has 0 unspecified atom stereocenters. The molecule has 5 nitrogen and oxygen atoms in total. The normalized spacial score (nSPS) is 10.7. The molecule has 0 saturated heterocycles. The van der Waals surface area contributed by atoms with Crippen molar-refractivity contribution in [2.75, 3.05) is 0 Å². The maximum Gasteiger partial charge on any atom is 0.224 e. The summed E-state index contributed by atoms with van der Waals surface area (Å²) in [5.41, 5.74) is 0.584. The van der Waals surface area contributed by atoms with Crippen LogP contribution in [-0.2, 0) is 11.3 Å². The van der Waals surface area contributed by atoms with Crippen LogP contribution in [-0.4, -0.2) is 25.5 Å².